The van der Waals surface area contributed by atoms with Crippen LogP contribution in [-0.2, 0) is 17.9 Å². The number of pyridine rings is 2. The molecule has 2 heterocycles. The third kappa shape index (κ3) is 5.01. The van der Waals surface area contributed by atoms with Crippen LogP contribution in [0.15, 0.2) is 83.9 Å². The van der Waals surface area contributed by atoms with E-state index in [1.54, 1.807) is 35.2 Å². The third-order valence-corrected chi connectivity index (χ3v) is 3.83. The van der Waals surface area contributed by atoms with Crippen molar-refractivity contribution >= 4 is 12.0 Å². The van der Waals surface area contributed by atoms with Gasteiger partial charge in [-0.1, -0.05) is 36.4 Å². The number of benzene rings is 1. The van der Waals surface area contributed by atoms with Crippen LogP contribution in [0.5, 0.6) is 0 Å². The molecule has 0 radical (unpaired) electrons. The smallest absolute Gasteiger partial charge is 0.250 e. The summed E-state index contributed by atoms with van der Waals surface area (Å²) in [5.41, 5.74) is 2.74. The zero-order chi connectivity index (χ0) is 18.2. The first kappa shape index (κ1) is 17.4. The summed E-state index contributed by atoms with van der Waals surface area (Å²) in [4.78, 5) is 27.7. The fourth-order valence-electron chi connectivity index (χ4n) is 2.43. The molecule has 0 spiro atoms. The number of hydrogen-bond donors (Lipinski definition) is 1. The molecule has 5 heteroatoms. The molecule has 0 unspecified atom stereocenters. The van der Waals surface area contributed by atoms with Crippen molar-refractivity contribution in [2.45, 2.75) is 13.1 Å². The molecule has 1 amide bonds. The number of hydrogen-bond acceptors (Lipinski definition) is 3. The van der Waals surface area contributed by atoms with Crippen LogP contribution < -0.4 is 10.9 Å². The van der Waals surface area contributed by atoms with Crippen LogP contribution in [0.2, 0.25) is 0 Å². The molecule has 3 aromatic rings. The Labute approximate surface area is 151 Å². The highest BCUT2D eigenvalue weighted by Gasteiger charge is 2.00. The van der Waals surface area contributed by atoms with Crippen molar-refractivity contribution in [1.29, 1.82) is 0 Å². The minimum absolute atomic E-state index is 0.0245. The summed E-state index contributed by atoms with van der Waals surface area (Å²) in [6, 6.07) is 18.5. The van der Waals surface area contributed by atoms with Gasteiger partial charge in [0.05, 0.1) is 12.2 Å². The first-order valence-corrected chi connectivity index (χ1v) is 8.31. The van der Waals surface area contributed by atoms with Gasteiger partial charge in [0.2, 0.25) is 5.91 Å². The first-order valence-electron chi connectivity index (χ1n) is 8.31. The van der Waals surface area contributed by atoms with Gasteiger partial charge in [-0.05, 0) is 35.4 Å². The zero-order valence-corrected chi connectivity index (χ0v) is 14.2. The normalized spacial score (nSPS) is 10.8. The fourth-order valence-corrected chi connectivity index (χ4v) is 2.43. The Morgan fingerprint density at radius 3 is 2.50 bits per heavy atom. The summed E-state index contributed by atoms with van der Waals surface area (Å²) in [7, 11) is 0. The molecule has 0 saturated heterocycles. The molecule has 0 aliphatic heterocycles. The van der Waals surface area contributed by atoms with Crippen molar-refractivity contribution in [1.82, 2.24) is 14.9 Å². The number of carbonyl (C=O) groups is 1. The van der Waals surface area contributed by atoms with E-state index in [1.165, 1.54) is 6.08 Å². The van der Waals surface area contributed by atoms with Gasteiger partial charge in [-0.3, -0.25) is 14.6 Å². The lowest BCUT2D eigenvalue weighted by Crippen LogP contribution is -2.20. The second-order valence-corrected chi connectivity index (χ2v) is 5.79. The molecule has 2 aromatic heterocycles. The van der Waals surface area contributed by atoms with Crippen LogP contribution in [0.25, 0.3) is 6.08 Å². The number of carbonyl (C=O) groups excluding carboxylic acids is 1. The highest BCUT2D eigenvalue weighted by atomic mass is 16.1. The largest absolute Gasteiger partial charge is 0.348 e. The van der Waals surface area contributed by atoms with Gasteiger partial charge in [0, 0.05) is 31.1 Å². The van der Waals surface area contributed by atoms with Crippen LogP contribution in [-0.4, -0.2) is 15.5 Å². The number of nitrogens with zero attached hydrogens (tertiary/aromatic N) is 2. The molecule has 0 atom stereocenters. The molecule has 1 aromatic carbocycles. The van der Waals surface area contributed by atoms with Crippen LogP contribution in [0.1, 0.15) is 16.8 Å². The van der Waals surface area contributed by atoms with E-state index in [0.29, 0.717) is 13.1 Å². The zero-order valence-electron chi connectivity index (χ0n) is 14.2. The van der Waals surface area contributed by atoms with Crippen molar-refractivity contribution in [3.8, 4) is 0 Å². The van der Waals surface area contributed by atoms with Crippen LogP contribution in [0.4, 0.5) is 0 Å². The lowest BCUT2D eigenvalue weighted by molar-refractivity contribution is -0.116. The number of nitrogens with one attached hydrogen (secondary N) is 1. The minimum Gasteiger partial charge on any atom is -0.348 e. The SMILES string of the molecule is O=C(C=Cc1ccccn1)NCc1ccc(Cn2ccccc2=O)cc1. The van der Waals surface area contributed by atoms with Gasteiger partial charge >= 0.3 is 0 Å². The number of rotatable bonds is 6. The molecular formula is C21H19N3O2. The lowest BCUT2D eigenvalue weighted by Gasteiger charge is -2.07. The number of amides is 1. The Balaban J connectivity index is 1.53. The van der Waals surface area contributed by atoms with Gasteiger partial charge in [-0.25, -0.2) is 0 Å². The molecule has 0 aliphatic carbocycles. The summed E-state index contributed by atoms with van der Waals surface area (Å²) in [6.07, 6.45) is 6.60. The van der Waals surface area contributed by atoms with Crippen molar-refractivity contribution < 1.29 is 4.79 Å². The van der Waals surface area contributed by atoms with Crippen LogP contribution >= 0.6 is 0 Å². The molecule has 1 N–H and O–H groups in total. The van der Waals surface area contributed by atoms with Crippen molar-refractivity contribution in [3.63, 3.8) is 0 Å². The van der Waals surface area contributed by atoms with E-state index in [2.05, 4.69) is 10.3 Å². The summed E-state index contributed by atoms with van der Waals surface area (Å²) < 4.78 is 1.65. The van der Waals surface area contributed by atoms with Gasteiger partial charge in [0.25, 0.3) is 5.56 Å². The topological polar surface area (TPSA) is 64.0 Å². The Hall–Kier alpha value is -3.47. The standard InChI is InChI=1S/C21H19N3O2/c25-20(12-11-19-5-1-3-13-22-19)23-15-17-7-9-18(10-8-17)16-24-14-4-2-6-21(24)26/h1-14H,15-16H2,(H,23,25). The molecule has 0 aliphatic rings. The van der Waals surface area contributed by atoms with Crippen molar-refractivity contribution in [3.05, 3.63) is 106 Å². The van der Waals surface area contributed by atoms with Crippen LogP contribution in [0.3, 0.4) is 0 Å². The number of aromatic nitrogens is 2. The predicted octanol–water partition coefficient (Wildman–Crippen LogP) is 2.62. The third-order valence-electron chi connectivity index (χ3n) is 3.83. The highest BCUT2D eigenvalue weighted by molar-refractivity contribution is 5.91. The first-order chi connectivity index (χ1) is 12.7. The highest BCUT2D eigenvalue weighted by Crippen LogP contribution is 2.06. The molecule has 130 valence electrons. The van der Waals surface area contributed by atoms with Gasteiger partial charge in [0.15, 0.2) is 0 Å². The predicted molar refractivity (Wildman–Crippen MR) is 101 cm³/mol. The van der Waals surface area contributed by atoms with Crippen molar-refractivity contribution in [2.75, 3.05) is 0 Å². The van der Waals surface area contributed by atoms with Gasteiger partial charge < -0.3 is 9.88 Å². The second kappa shape index (κ2) is 8.58. The van der Waals surface area contributed by atoms with Gasteiger partial charge in [-0.2, -0.15) is 0 Å². The average Bonchev–Trinajstić information content (AvgIpc) is 2.68. The fraction of sp³-hybridized carbons (Fsp3) is 0.0952. The molecule has 0 bridgehead atoms. The summed E-state index contributed by atoms with van der Waals surface area (Å²) >= 11 is 0. The quantitative estimate of drug-likeness (QED) is 0.699. The molecule has 0 fully saturated rings. The summed E-state index contributed by atoms with van der Waals surface area (Å²) in [5.74, 6) is -0.171. The second-order valence-electron chi connectivity index (χ2n) is 5.79. The minimum atomic E-state index is -0.171. The van der Waals surface area contributed by atoms with E-state index in [-0.39, 0.29) is 11.5 Å². The Morgan fingerprint density at radius 2 is 1.77 bits per heavy atom. The lowest BCUT2D eigenvalue weighted by atomic mass is 10.1. The Morgan fingerprint density at radius 1 is 1.00 bits per heavy atom. The molecular weight excluding hydrogens is 326 g/mol. The maximum atomic E-state index is 11.9. The Kier molecular flexibility index (Phi) is 5.72. The monoisotopic (exact) mass is 345 g/mol. The Bertz CT molecular complexity index is 945. The maximum absolute atomic E-state index is 11.9. The van der Waals surface area contributed by atoms with E-state index in [9.17, 15) is 9.59 Å². The van der Waals surface area contributed by atoms with Gasteiger partial charge in [-0.15, -0.1) is 0 Å². The molecule has 26 heavy (non-hydrogen) atoms. The van der Waals surface area contributed by atoms with E-state index in [4.69, 9.17) is 0 Å². The van der Waals surface area contributed by atoms with E-state index < -0.39 is 0 Å². The van der Waals surface area contributed by atoms with E-state index in [0.717, 1.165) is 16.8 Å². The average molecular weight is 345 g/mol. The van der Waals surface area contributed by atoms with E-state index in [1.807, 2.05) is 48.5 Å². The van der Waals surface area contributed by atoms with E-state index >= 15 is 0 Å². The molecule has 3 rings (SSSR count). The molecule has 5 nitrogen and oxygen atoms in total. The van der Waals surface area contributed by atoms with Crippen molar-refractivity contribution in [2.24, 2.45) is 0 Å². The molecule has 0 saturated carbocycles. The maximum Gasteiger partial charge on any atom is 0.250 e. The summed E-state index contributed by atoms with van der Waals surface area (Å²) in [5, 5.41) is 2.84. The summed E-state index contributed by atoms with van der Waals surface area (Å²) in [6.45, 7) is 0.968. The van der Waals surface area contributed by atoms with Gasteiger partial charge in [0.1, 0.15) is 0 Å². The van der Waals surface area contributed by atoms with Crippen LogP contribution in [0, 0.1) is 0 Å².